The number of nitrogens with zero attached hydrogens (tertiary/aromatic N) is 2. The molecule has 8 nitrogen and oxygen atoms in total. The van der Waals surface area contributed by atoms with Gasteiger partial charge in [-0.15, -0.1) is 0 Å². The summed E-state index contributed by atoms with van der Waals surface area (Å²) in [5, 5.41) is 13.9. The molecule has 8 heteroatoms. The summed E-state index contributed by atoms with van der Waals surface area (Å²) in [6.45, 7) is 1.38. The summed E-state index contributed by atoms with van der Waals surface area (Å²) in [4.78, 5) is 14.5. The molecule has 1 aliphatic heterocycles. The molecule has 1 saturated heterocycles. The van der Waals surface area contributed by atoms with Gasteiger partial charge in [-0.1, -0.05) is 0 Å². The number of nitrogens with one attached hydrogen (secondary N) is 2. The lowest BCUT2D eigenvalue weighted by atomic mass is 10.2. The van der Waals surface area contributed by atoms with Gasteiger partial charge in [0, 0.05) is 19.2 Å². The summed E-state index contributed by atoms with van der Waals surface area (Å²) in [7, 11) is 0. The fourth-order valence-electron chi connectivity index (χ4n) is 2.03. The molecule has 4 N–H and O–H groups in total. The highest BCUT2D eigenvalue weighted by molar-refractivity contribution is 5.59. The molecule has 0 aromatic carbocycles. The zero-order valence-corrected chi connectivity index (χ0v) is 10.5. The standard InChI is InChI=1S/C11H17N5O3/c12-15-10-4-3-9(16(17)18)11(14-10)13-6-5-8-2-1-7-19-8/h3-4,8H,1-2,5-7,12H2,(H2,13,14,15). The summed E-state index contributed by atoms with van der Waals surface area (Å²) in [5.41, 5.74) is 2.30. The largest absolute Gasteiger partial charge is 0.378 e. The van der Waals surface area contributed by atoms with Crippen LogP contribution in [0.3, 0.4) is 0 Å². The van der Waals surface area contributed by atoms with Crippen molar-refractivity contribution in [3.8, 4) is 0 Å². The van der Waals surface area contributed by atoms with Crippen molar-refractivity contribution in [3.05, 3.63) is 22.2 Å². The van der Waals surface area contributed by atoms with Gasteiger partial charge in [0.15, 0.2) is 0 Å². The molecular weight excluding hydrogens is 250 g/mol. The van der Waals surface area contributed by atoms with E-state index in [1.807, 2.05) is 0 Å². The third kappa shape index (κ3) is 3.52. The Hall–Kier alpha value is -1.93. The van der Waals surface area contributed by atoms with E-state index in [2.05, 4.69) is 15.7 Å². The van der Waals surface area contributed by atoms with Gasteiger partial charge in [0.2, 0.25) is 5.82 Å². The number of nitro groups is 1. The molecule has 0 spiro atoms. The van der Waals surface area contributed by atoms with E-state index in [0.717, 1.165) is 25.9 Å². The van der Waals surface area contributed by atoms with Crippen molar-refractivity contribution in [2.75, 3.05) is 23.9 Å². The van der Waals surface area contributed by atoms with Crippen molar-refractivity contribution in [3.63, 3.8) is 0 Å². The fourth-order valence-corrected chi connectivity index (χ4v) is 2.03. The third-order valence-corrected chi connectivity index (χ3v) is 3.00. The minimum atomic E-state index is -0.471. The van der Waals surface area contributed by atoms with E-state index in [-0.39, 0.29) is 17.6 Å². The number of nitrogen functional groups attached to an aromatic ring is 1. The van der Waals surface area contributed by atoms with Crippen LogP contribution in [-0.4, -0.2) is 29.2 Å². The van der Waals surface area contributed by atoms with Gasteiger partial charge < -0.3 is 15.5 Å². The molecule has 1 unspecified atom stereocenters. The molecule has 0 radical (unpaired) electrons. The molecule has 19 heavy (non-hydrogen) atoms. The Morgan fingerprint density at radius 1 is 1.58 bits per heavy atom. The fraction of sp³-hybridized carbons (Fsp3) is 0.545. The van der Waals surface area contributed by atoms with Gasteiger partial charge >= 0.3 is 5.69 Å². The van der Waals surface area contributed by atoms with E-state index in [4.69, 9.17) is 10.6 Å². The molecule has 1 fully saturated rings. The molecule has 1 aromatic heterocycles. The van der Waals surface area contributed by atoms with Gasteiger partial charge in [-0.05, 0) is 25.3 Å². The quantitative estimate of drug-likeness (QED) is 0.403. The summed E-state index contributed by atoms with van der Waals surface area (Å²) >= 11 is 0. The van der Waals surface area contributed by atoms with E-state index in [1.54, 1.807) is 0 Å². The molecule has 0 aliphatic carbocycles. The van der Waals surface area contributed by atoms with Crippen LogP contribution in [0, 0.1) is 10.1 Å². The van der Waals surface area contributed by atoms with E-state index < -0.39 is 4.92 Å². The van der Waals surface area contributed by atoms with E-state index >= 15 is 0 Å². The number of hydrogen-bond donors (Lipinski definition) is 3. The van der Waals surface area contributed by atoms with Crippen molar-refractivity contribution < 1.29 is 9.66 Å². The second kappa shape index (κ2) is 6.30. The number of hydrogen-bond acceptors (Lipinski definition) is 7. The molecule has 1 aromatic rings. The minimum absolute atomic E-state index is 0.0636. The monoisotopic (exact) mass is 267 g/mol. The second-order valence-corrected chi connectivity index (χ2v) is 4.32. The maximum atomic E-state index is 10.9. The predicted molar refractivity (Wildman–Crippen MR) is 70.8 cm³/mol. The Morgan fingerprint density at radius 3 is 3.05 bits per heavy atom. The molecule has 0 bridgehead atoms. The first-order valence-corrected chi connectivity index (χ1v) is 6.18. The van der Waals surface area contributed by atoms with Crippen molar-refractivity contribution in [2.24, 2.45) is 5.84 Å². The first kappa shape index (κ1) is 13.5. The summed E-state index contributed by atoms with van der Waals surface area (Å²) in [5.74, 6) is 5.84. The highest BCUT2D eigenvalue weighted by Gasteiger charge is 2.18. The van der Waals surface area contributed by atoms with Crippen LogP contribution >= 0.6 is 0 Å². The summed E-state index contributed by atoms with van der Waals surface area (Å²) in [6.07, 6.45) is 3.17. The van der Waals surface area contributed by atoms with Gasteiger partial charge in [-0.25, -0.2) is 10.8 Å². The van der Waals surface area contributed by atoms with Gasteiger partial charge in [0.05, 0.1) is 11.0 Å². The average Bonchev–Trinajstić information content (AvgIpc) is 2.91. The van der Waals surface area contributed by atoms with Crippen LogP contribution in [0.5, 0.6) is 0 Å². The molecule has 0 saturated carbocycles. The van der Waals surface area contributed by atoms with Crippen LogP contribution in [0.15, 0.2) is 12.1 Å². The summed E-state index contributed by atoms with van der Waals surface area (Å²) < 4.78 is 5.49. The Morgan fingerprint density at radius 2 is 2.42 bits per heavy atom. The number of anilines is 2. The van der Waals surface area contributed by atoms with E-state index in [9.17, 15) is 10.1 Å². The maximum Gasteiger partial charge on any atom is 0.311 e. The van der Waals surface area contributed by atoms with Crippen molar-refractivity contribution in [2.45, 2.75) is 25.4 Å². The number of ether oxygens (including phenoxy) is 1. The van der Waals surface area contributed by atoms with Crippen LogP contribution in [0.1, 0.15) is 19.3 Å². The lowest BCUT2D eigenvalue weighted by Crippen LogP contribution is -2.15. The highest BCUT2D eigenvalue weighted by atomic mass is 16.6. The van der Waals surface area contributed by atoms with Gasteiger partial charge in [0.25, 0.3) is 0 Å². The maximum absolute atomic E-state index is 10.9. The zero-order chi connectivity index (χ0) is 13.7. The number of pyridine rings is 1. The molecule has 1 atom stereocenters. The molecule has 2 heterocycles. The van der Waals surface area contributed by atoms with Crippen molar-refractivity contribution in [1.29, 1.82) is 0 Å². The lowest BCUT2D eigenvalue weighted by molar-refractivity contribution is -0.384. The van der Waals surface area contributed by atoms with E-state index in [1.165, 1.54) is 12.1 Å². The Labute approximate surface area is 110 Å². The normalized spacial score (nSPS) is 18.3. The highest BCUT2D eigenvalue weighted by Crippen LogP contribution is 2.24. The van der Waals surface area contributed by atoms with Crippen LogP contribution in [0.4, 0.5) is 17.3 Å². The van der Waals surface area contributed by atoms with Gasteiger partial charge in [-0.2, -0.15) is 0 Å². The van der Waals surface area contributed by atoms with Crippen LogP contribution in [0.25, 0.3) is 0 Å². The Balaban J connectivity index is 1.98. The Kier molecular flexibility index (Phi) is 4.48. The predicted octanol–water partition coefficient (Wildman–Crippen LogP) is 1.26. The van der Waals surface area contributed by atoms with Gasteiger partial charge in [-0.3, -0.25) is 10.1 Å². The first-order valence-electron chi connectivity index (χ1n) is 6.18. The van der Waals surface area contributed by atoms with E-state index in [0.29, 0.717) is 12.4 Å². The van der Waals surface area contributed by atoms with Crippen molar-refractivity contribution >= 4 is 17.3 Å². The number of aromatic nitrogens is 1. The summed E-state index contributed by atoms with van der Waals surface area (Å²) in [6, 6.07) is 2.83. The molecule has 104 valence electrons. The third-order valence-electron chi connectivity index (χ3n) is 3.00. The minimum Gasteiger partial charge on any atom is -0.378 e. The second-order valence-electron chi connectivity index (χ2n) is 4.32. The number of hydrazine groups is 1. The van der Waals surface area contributed by atoms with Crippen LogP contribution in [0.2, 0.25) is 0 Å². The molecular formula is C11H17N5O3. The number of rotatable bonds is 6. The number of nitrogens with two attached hydrogens (primary N) is 1. The SMILES string of the molecule is NNc1ccc([N+](=O)[O-])c(NCCC2CCCO2)n1. The van der Waals surface area contributed by atoms with Crippen LogP contribution in [-0.2, 0) is 4.74 Å². The van der Waals surface area contributed by atoms with Crippen molar-refractivity contribution in [1.82, 2.24) is 4.98 Å². The molecule has 2 rings (SSSR count). The average molecular weight is 267 g/mol. The van der Waals surface area contributed by atoms with Gasteiger partial charge in [0.1, 0.15) is 5.82 Å². The first-order chi connectivity index (χ1) is 9.20. The Bertz CT molecular complexity index is 448. The molecule has 0 amide bonds. The van der Waals surface area contributed by atoms with Crippen LogP contribution < -0.4 is 16.6 Å². The zero-order valence-electron chi connectivity index (χ0n) is 10.5. The smallest absolute Gasteiger partial charge is 0.311 e. The lowest BCUT2D eigenvalue weighted by Gasteiger charge is -2.11. The molecule has 1 aliphatic rings. The topological polar surface area (TPSA) is 115 Å².